The number of rotatable bonds is 1. The van der Waals surface area contributed by atoms with Crippen molar-refractivity contribution in [3.8, 4) is 11.5 Å². The second-order valence-corrected chi connectivity index (χ2v) is 3.91. The lowest BCUT2D eigenvalue weighted by Crippen LogP contribution is -2.24. The van der Waals surface area contributed by atoms with E-state index in [9.17, 15) is 4.79 Å². The van der Waals surface area contributed by atoms with Crippen LogP contribution < -0.4 is 20.1 Å². The molecule has 0 atom stereocenters. The van der Waals surface area contributed by atoms with Crippen LogP contribution >= 0.6 is 0 Å². The van der Waals surface area contributed by atoms with E-state index in [1.165, 1.54) is 0 Å². The number of anilines is 2. The van der Waals surface area contributed by atoms with Crippen molar-refractivity contribution in [2.45, 2.75) is 12.8 Å². The first-order chi connectivity index (χ1) is 7.75. The van der Waals surface area contributed by atoms with Crippen molar-refractivity contribution in [2.75, 3.05) is 24.0 Å². The van der Waals surface area contributed by atoms with Crippen LogP contribution in [0.2, 0.25) is 0 Å². The summed E-state index contributed by atoms with van der Waals surface area (Å²) in [6.07, 6.45) is 1.47. The molecule has 0 radical (unpaired) electrons. The molecule has 2 N–H and O–H groups in total. The molecule has 1 amide bonds. The molecule has 0 unspecified atom stereocenters. The number of carbonyl (C=O) groups is 1. The zero-order valence-electron chi connectivity index (χ0n) is 8.73. The summed E-state index contributed by atoms with van der Waals surface area (Å²) in [6.45, 7) is 0.939. The largest absolute Gasteiger partial charge is 0.454 e. The van der Waals surface area contributed by atoms with Gasteiger partial charge in [0.25, 0.3) is 0 Å². The summed E-state index contributed by atoms with van der Waals surface area (Å²) < 4.78 is 10.5. The molecule has 84 valence electrons. The van der Waals surface area contributed by atoms with Gasteiger partial charge in [0.2, 0.25) is 12.7 Å². The fourth-order valence-electron chi connectivity index (χ4n) is 2.08. The van der Waals surface area contributed by atoms with Gasteiger partial charge >= 0.3 is 0 Å². The van der Waals surface area contributed by atoms with Gasteiger partial charge in [-0.3, -0.25) is 4.79 Å². The van der Waals surface area contributed by atoms with Crippen molar-refractivity contribution in [1.82, 2.24) is 0 Å². The fourth-order valence-corrected chi connectivity index (χ4v) is 2.08. The topological polar surface area (TPSA) is 64.8 Å². The molecule has 16 heavy (non-hydrogen) atoms. The molecule has 2 aliphatic heterocycles. The molecule has 1 saturated heterocycles. The van der Waals surface area contributed by atoms with Gasteiger partial charge in [0.15, 0.2) is 11.5 Å². The van der Waals surface area contributed by atoms with Gasteiger partial charge in [-0.15, -0.1) is 0 Å². The molecule has 1 aromatic carbocycles. The Bertz CT molecular complexity index is 459. The van der Waals surface area contributed by atoms with Crippen LogP contribution in [-0.4, -0.2) is 19.2 Å². The maximum absolute atomic E-state index is 11.6. The van der Waals surface area contributed by atoms with Gasteiger partial charge in [-0.2, -0.15) is 0 Å². The van der Waals surface area contributed by atoms with Gasteiger partial charge in [0.05, 0.1) is 11.4 Å². The summed E-state index contributed by atoms with van der Waals surface area (Å²) in [4.78, 5) is 13.3. The van der Waals surface area contributed by atoms with E-state index in [2.05, 4.69) is 0 Å². The predicted octanol–water partition coefficient (Wildman–Crippen LogP) is 1.12. The summed E-state index contributed by atoms with van der Waals surface area (Å²) in [7, 11) is 0. The van der Waals surface area contributed by atoms with E-state index in [-0.39, 0.29) is 12.7 Å². The van der Waals surface area contributed by atoms with Gasteiger partial charge in [0, 0.05) is 25.1 Å². The van der Waals surface area contributed by atoms with Crippen LogP contribution in [0, 0.1) is 0 Å². The minimum absolute atomic E-state index is 0.116. The SMILES string of the molecule is Nc1cc2c(cc1N1CCCC1=O)OCO2. The number of fused-ring (bicyclic) bond motifs is 1. The average molecular weight is 220 g/mol. The first-order valence-electron chi connectivity index (χ1n) is 5.25. The third-order valence-electron chi connectivity index (χ3n) is 2.89. The van der Waals surface area contributed by atoms with Crippen molar-refractivity contribution in [2.24, 2.45) is 0 Å². The van der Waals surface area contributed by atoms with Crippen LogP contribution in [0.25, 0.3) is 0 Å². The number of ether oxygens (including phenoxy) is 2. The molecular weight excluding hydrogens is 208 g/mol. The zero-order chi connectivity index (χ0) is 11.1. The lowest BCUT2D eigenvalue weighted by Gasteiger charge is -2.18. The van der Waals surface area contributed by atoms with Gasteiger partial charge in [-0.25, -0.2) is 0 Å². The van der Waals surface area contributed by atoms with Crippen molar-refractivity contribution < 1.29 is 14.3 Å². The van der Waals surface area contributed by atoms with Crippen LogP contribution in [0.5, 0.6) is 11.5 Å². The van der Waals surface area contributed by atoms with Crippen LogP contribution in [0.3, 0.4) is 0 Å². The van der Waals surface area contributed by atoms with Crippen LogP contribution in [0.4, 0.5) is 11.4 Å². The Morgan fingerprint density at radius 3 is 2.69 bits per heavy atom. The minimum Gasteiger partial charge on any atom is -0.454 e. The summed E-state index contributed by atoms with van der Waals surface area (Å²) in [6, 6.07) is 3.49. The first-order valence-corrected chi connectivity index (χ1v) is 5.25. The Morgan fingerprint density at radius 2 is 2.00 bits per heavy atom. The lowest BCUT2D eigenvalue weighted by atomic mass is 10.2. The number of nitrogen functional groups attached to an aromatic ring is 1. The molecule has 1 fully saturated rings. The van der Waals surface area contributed by atoms with E-state index < -0.39 is 0 Å². The molecule has 5 heteroatoms. The third kappa shape index (κ3) is 1.28. The highest BCUT2D eigenvalue weighted by molar-refractivity contribution is 5.98. The normalized spacial score (nSPS) is 18.2. The van der Waals surface area contributed by atoms with Gasteiger partial charge in [0.1, 0.15) is 0 Å². The monoisotopic (exact) mass is 220 g/mol. The second kappa shape index (κ2) is 3.30. The molecule has 2 aliphatic rings. The molecule has 0 saturated carbocycles. The number of benzene rings is 1. The summed E-state index contributed by atoms with van der Waals surface area (Å²) in [5.74, 6) is 1.42. The van der Waals surface area contributed by atoms with Gasteiger partial charge in [-0.05, 0) is 6.42 Å². The summed E-state index contributed by atoms with van der Waals surface area (Å²) in [5, 5.41) is 0. The van der Waals surface area contributed by atoms with E-state index in [1.807, 2.05) is 0 Å². The highest BCUT2D eigenvalue weighted by Crippen LogP contribution is 2.40. The molecular formula is C11H12N2O3. The summed E-state index contributed by atoms with van der Waals surface area (Å²) >= 11 is 0. The fraction of sp³-hybridized carbons (Fsp3) is 0.364. The Kier molecular flexibility index (Phi) is 1.92. The van der Waals surface area contributed by atoms with E-state index in [0.717, 1.165) is 18.7 Å². The predicted molar refractivity (Wildman–Crippen MR) is 58.6 cm³/mol. The van der Waals surface area contributed by atoms with E-state index in [1.54, 1.807) is 17.0 Å². The van der Waals surface area contributed by atoms with Crippen LogP contribution in [0.1, 0.15) is 12.8 Å². The van der Waals surface area contributed by atoms with E-state index >= 15 is 0 Å². The van der Waals surface area contributed by atoms with Crippen molar-refractivity contribution in [3.63, 3.8) is 0 Å². The highest BCUT2D eigenvalue weighted by atomic mass is 16.7. The molecule has 3 rings (SSSR count). The number of amides is 1. The smallest absolute Gasteiger partial charge is 0.231 e. The quantitative estimate of drug-likeness (QED) is 0.720. The maximum Gasteiger partial charge on any atom is 0.231 e. The third-order valence-corrected chi connectivity index (χ3v) is 2.89. The van der Waals surface area contributed by atoms with Crippen molar-refractivity contribution in [3.05, 3.63) is 12.1 Å². The molecule has 2 heterocycles. The van der Waals surface area contributed by atoms with Crippen molar-refractivity contribution in [1.29, 1.82) is 0 Å². The summed E-state index contributed by atoms with van der Waals surface area (Å²) in [5.41, 5.74) is 7.19. The van der Waals surface area contributed by atoms with Gasteiger partial charge in [-0.1, -0.05) is 0 Å². The Balaban J connectivity index is 2.04. The Morgan fingerprint density at radius 1 is 1.25 bits per heavy atom. The van der Waals surface area contributed by atoms with E-state index in [4.69, 9.17) is 15.2 Å². The molecule has 0 aromatic heterocycles. The van der Waals surface area contributed by atoms with Gasteiger partial charge < -0.3 is 20.1 Å². The second-order valence-electron chi connectivity index (χ2n) is 3.91. The Hall–Kier alpha value is -1.91. The molecule has 1 aromatic rings. The maximum atomic E-state index is 11.6. The van der Waals surface area contributed by atoms with Crippen molar-refractivity contribution >= 4 is 17.3 Å². The zero-order valence-corrected chi connectivity index (χ0v) is 8.73. The number of hydrogen-bond acceptors (Lipinski definition) is 4. The minimum atomic E-state index is 0.116. The number of nitrogens with zero attached hydrogens (tertiary/aromatic N) is 1. The standard InChI is InChI=1S/C11H12N2O3/c12-7-4-9-10(16-6-15-9)5-8(7)13-3-1-2-11(13)14/h4-5H,1-3,6,12H2. The van der Waals surface area contributed by atoms with E-state index in [0.29, 0.717) is 23.6 Å². The molecule has 0 aliphatic carbocycles. The molecule has 5 nitrogen and oxygen atoms in total. The first kappa shape index (κ1) is 9.33. The average Bonchev–Trinajstić information content (AvgIpc) is 2.85. The molecule has 0 spiro atoms. The number of carbonyl (C=O) groups excluding carboxylic acids is 1. The molecule has 0 bridgehead atoms. The lowest BCUT2D eigenvalue weighted by molar-refractivity contribution is -0.117. The Labute approximate surface area is 92.7 Å². The van der Waals surface area contributed by atoms with Crippen LogP contribution in [-0.2, 0) is 4.79 Å². The number of hydrogen-bond donors (Lipinski definition) is 1. The van der Waals surface area contributed by atoms with Crippen LogP contribution in [0.15, 0.2) is 12.1 Å². The number of nitrogens with two attached hydrogens (primary N) is 1. The highest BCUT2D eigenvalue weighted by Gasteiger charge is 2.26.